The van der Waals surface area contributed by atoms with Gasteiger partial charge in [-0.15, -0.1) is 0 Å². The number of carbonyl (C=O) groups is 1. The highest BCUT2D eigenvalue weighted by Crippen LogP contribution is 2.38. The maximum absolute atomic E-state index is 14.6. The molecule has 2 aromatic carbocycles. The molecule has 0 aliphatic rings. The van der Waals surface area contributed by atoms with Crippen molar-refractivity contribution >= 4 is 28.6 Å². The van der Waals surface area contributed by atoms with Gasteiger partial charge in [0.15, 0.2) is 0 Å². The molecule has 3 aromatic rings. The van der Waals surface area contributed by atoms with Crippen LogP contribution in [0.15, 0.2) is 60.8 Å². The molecule has 0 saturated heterocycles. The highest BCUT2D eigenvalue weighted by Gasteiger charge is 2.41. The van der Waals surface area contributed by atoms with Gasteiger partial charge in [0, 0.05) is 23.1 Å². The monoisotopic (exact) mass is 610 g/mol. The van der Waals surface area contributed by atoms with Crippen molar-refractivity contribution in [2.24, 2.45) is 0 Å². The average Bonchev–Trinajstić information content (AvgIpc) is 2.82. The van der Waals surface area contributed by atoms with E-state index in [2.05, 4.69) is 38.2 Å². The van der Waals surface area contributed by atoms with Crippen LogP contribution < -0.4 is 10.6 Å². The molecule has 1 heterocycles. The van der Waals surface area contributed by atoms with Crippen LogP contribution in [0.25, 0.3) is 0 Å². The molecule has 1 aromatic heterocycles. The molecule has 0 radical (unpaired) electrons. The minimum Gasteiger partial charge on any atom is -0.336 e. The van der Waals surface area contributed by atoms with Gasteiger partial charge in [0.2, 0.25) is 0 Å². The molecule has 0 unspecified atom stereocenters. The molecule has 0 bridgehead atoms. The number of amides is 2. The van der Waals surface area contributed by atoms with Crippen molar-refractivity contribution < 1.29 is 22.4 Å². The van der Waals surface area contributed by atoms with E-state index in [1.165, 1.54) is 0 Å². The van der Waals surface area contributed by atoms with Gasteiger partial charge in [-0.3, -0.25) is 4.98 Å². The number of urea groups is 1. The standard InChI is InChI=1S/C26H23F4IN4O/c1-16(2)34-24(36)35-25(23-7-6-19(13-31)15-33-23,12-17-4-3-5-18(8-17)14-32)20-9-21(26(28,29)30)11-22(27)10-20/h3-11,15-16H,12-13H2,1-2H3,(H2,34,35,36)/t25-/m1/s1. The van der Waals surface area contributed by atoms with Crippen LogP contribution in [0.5, 0.6) is 0 Å². The van der Waals surface area contributed by atoms with E-state index < -0.39 is 29.1 Å². The summed E-state index contributed by atoms with van der Waals surface area (Å²) in [4.78, 5) is 17.5. The second kappa shape index (κ2) is 11.2. The molecule has 188 valence electrons. The van der Waals surface area contributed by atoms with Gasteiger partial charge in [0.25, 0.3) is 0 Å². The smallest absolute Gasteiger partial charge is 0.336 e. The SMILES string of the molecule is CC(C)NC(=O)N[C@](Cc1cccc(C#N)c1)(c1cc(F)cc(C(F)(F)F)c1)c1ccc(CI)cn1. The maximum Gasteiger partial charge on any atom is 0.416 e. The van der Waals surface area contributed by atoms with Crippen molar-refractivity contribution in [3.63, 3.8) is 0 Å². The summed E-state index contributed by atoms with van der Waals surface area (Å²) in [7, 11) is 0. The number of nitriles is 1. The molecular weight excluding hydrogens is 587 g/mol. The Balaban J connectivity index is 2.33. The number of hydrogen-bond acceptors (Lipinski definition) is 3. The van der Waals surface area contributed by atoms with Crippen LogP contribution in [0, 0.1) is 17.1 Å². The van der Waals surface area contributed by atoms with Gasteiger partial charge in [0.1, 0.15) is 11.4 Å². The Hall–Kier alpha value is -3.20. The van der Waals surface area contributed by atoms with E-state index in [-0.39, 0.29) is 23.7 Å². The summed E-state index contributed by atoms with van der Waals surface area (Å²) in [5.41, 5.74) is -1.07. The zero-order valence-electron chi connectivity index (χ0n) is 19.5. The number of nitrogens with zero attached hydrogens (tertiary/aromatic N) is 2. The number of benzene rings is 2. The molecular formula is C26H23F4IN4O. The van der Waals surface area contributed by atoms with E-state index in [4.69, 9.17) is 0 Å². The van der Waals surface area contributed by atoms with Gasteiger partial charge in [-0.05, 0) is 66.9 Å². The van der Waals surface area contributed by atoms with Crippen LogP contribution in [-0.2, 0) is 22.6 Å². The first-order valence-corrected chi connectivity index (χ1v) is 12.5. The van der Waals surface area contributed by atoms with E-state index in [0.29, 0.717) is 21.6 Å². The van der Waals surface area contributed by atoms with Crippen molar-refractivity contribution in [2.75, 3.05) is 0 Å². The molecule has 0 saturated carbocycles. The first-order chi connectivity index (χ1) is 17.0. The van der Waals surface area contributed by atoms with Crippen molar-refractivity contribution in [2.45, 2.75) is 42.5 Å². The number of rotatable bonds is 7. The van der Waals surface area contributed by atoms with Gasteiger partial charge >= 0.3 is 12.2 Å². The first-order valence-electron chi connectivity index (χ1n) is 10.9. The molecule has 0 aliphatic carbocycles. The molecule has 0 spiro atoms. The predicted molar refractivity (Wildman–Crippen MR) is 136 cm³/mol. The molecule has 1 atom stereocenters. The summed E-state index contributed by atoms with van der Waals surface area (Å²) >= 11 is 2.15. The lowest BCUT2D eigenvalue weighted by Crippen LogP contribution is -2.53. The van der Waals surface area contributed by atoms with E-state index >= 15 is 0 Å². The van der Waals surface area contributed by atoms with Gasteiger partial charge in [-0.1, -0.05) is 40.8 Å². The normalized spacial score (nSPS) is 13.1. The second-order valence-corrected chi connectivity index (χ2v) is 9.32. The fourth-order valence-corrected chi connectivity index (χ4v) is 4.28. The van der Waals surface area contributed by atoms with Crippen LogP contribution in [0.2, 0.25) is 0 Å². The average molecular weight is 610 g/mol. The van der Waals surface area contributed by atoms with Crippen molar-refractivity contribution in [3.05, 3.63) is 100 Å². The lowest BCUT2D eigenvalue weighted by molar-refractivity contribution is -0.137. The van der Waals surface area contributed by atoms with Crippen LogP contribution in [-0.4, -0.2) is 17.1 Å². The van der Waals surface area contributed by atoms with E-state index in [0.717, 1.165) is 17.7 Å². The topological polar surface area (TPSA) is 77.8 Å². The van der Waals surface area contributed by atoms with Crippen LogP contribution in [0.3, 0.4) is 0 Å². The molecule has 5 nitrogen and oxygen atoms in total. The minimum atomic E-state index is -4.82. The Morgan fingerprint density at radius 1 is 1.08 bits per heavy atom. The van der Waals surface area contributed by atoms with Crippen LogP contribution in [0.4, 0.5) is 22.4 Å². The summed E-state index contributed by atoms with van der Waals surface area (Å²) < 4.78 is 56.3. The van der Waals surface area contributed by atoms with Crippen molar-refractivity contribution in [1.29, 1.82) is 5.26 Å². The fourth-order valence-electron chi connectivity index (χ4n) is 3.83. The van der Waals surface area contributed by atoms with Gasteiger partial charge in [0.05, 0.1) is 22.9 Å². The third-order valence-corrected chi connectivity index (χ3v) is 6.29. The van der Waals surface area contributed by atoms with Crippen LogP contribution in [0.1, 0.15) is 47.4 Å². The van der Waals surface area contributed by atoms with Gasteiger partial charge in [-0.25, -0.2) is 9.18 Å². The molecule has 0 aliphatic heterocycles. The Bertz CT molecular complexity index is 1270. The quantitative estimate of drug-likeness (QED) is 0.189. The molecule has 2 N–H and O–H groups in total. The number of alkyl halides is 4. The summed E-state index contributed by atoms with van der Waals surface area (Å²) in [6, 6.07) is 13.1. The maximum atomic E-state index is 14.6. The third-order valence-electron chi connectivity index (χ3n) is 5.41. The summed E-state index contributed by atoms with van der Waals surface area (Å²) in [5.74, 6) is -1.11. The second-order valence-electron chi connectivity index (χ2n) is 8.56. The number of hydrogen-bond donors (Lipinski definition) is 2. The Morgan fingerprint density at radius 2 is 1.81 bits per heavy atom. The van der Waals surface area contributed by atoms with Gasteiger partial charge in [-0.2, -0.15) is 18.4 Å². The number of carbonyl (C=O) groups excluding carboxylic acids is 1. The molecule has 0 fully saturated rings. The number of aromatic nitrogens is 1. The van der Waals surface area contributed by atoms with E-state index in [1.807, 2.05) is 6.07 Å². The molecule has 36 heavy (non-hydrogen) atoms. The molecule has 3 rings (SSSR count). The fraction of sp³-hybridized carbons (Fsp3) is 0.269. The predicted octanol–water partition coefficient (Wildman–Crippen LogP) is 6.24. The van der Waals surface area contributed by atoms with Gasteiger partial charge < -0.3 is 10.6 Å². The number of pyridine rings is 1. The summed E-state index contributed by atoms with van der Waals surface area (Å²) in [6.07, 6.45) is -3.35. The first kappa shape index (κ1) is 27.4. The van der Waals surface area contributed by atoms with Crippen molar-refractivity contribution in [3.8, 4) is 6.07 Å². The highest BCUT2D eigenvalue weighted by molar-refractivity contribution is 14.1. The minimum absolute atomic E-state index is 0.0919. The Labute approximate surface area is 220 Å². The Morgan fingerprint density at radius 3 is 2.39 bits per heavy atom. The van der Waals surface area contributed by atoms with E-state index in [1.54, 1.807) is 56.4 Å². The highest BCUT2D eigenvalue weighted by atomic mass is 127. The third kappa shape index (κ3) is 6.51. The Kier molecular flexibility index (Phi) is 8.55. The van der Waals surface area contributed by atoms with E-state index in [9.17, 15) is 27.6 Å². The zero-order chi connectivity index (χ0) is 26.5. The number of nitrogens with one attached hydrogen (secondary N) is 2. The largest absolute Gasteiger partial charge is 0.416 e. The summed E-state index contributed by atoms with van der Waals surface area (Å²) in [6.45, 7) is 3.46. The molecule has 10 heteroatoms. The lowest BCUT2D eigenvalue weighted by atomic mass is 9.79. The van der Waals surface area contributed by atoms with Crippen LogP contribution >= 0.6 is 22.6 Å². The van der Waals surface area contributed by atoms with Crippen molar-refractivity contribution in [1.82, 2.24) is 15.6 Å². The zero-order valence-corrected chi connectivity index (χ0v) is 21.6. The summed E-state index contributed by atoms with van der Waals surface area (Å²) in [5, 5.41) is 14.8. The molecule has 2 amide bonds. The lowest BCUT2D eigenvalue weighted by Gasteiger charge is -2.36. The number of halogens is 5.